The number of ether oxygens (including phenoxy) is 1. The van der Waals surface area contributed by atoms with Crippen LogP contribution in [-0.4, -0.2) is 6.61 Å². The summed E-state index contributed by atoms with van der Waals surface area (Å²) in [6.07, 6.45) is 29.3. The van der Waals surface area contributed by atoms with Crippen molar-refractivity contribution >= 4 is 0 Å². The highest BCUT2D eigenvalue weighted by Crippen LogP contribution is 2.13. The van der Waals surface area contributed by atoms with Crippen molar-refractivity contribution in [2.24, 2.45) is 0 Å². The van der Waals surface area contributed by atoms with Crippen LogP contribution in [0.15, 0.2) is 0 Å². The van der Waals surface area contributed by atoms with Gasteiger partial charge < -0.3 is 4.74 Å². The van der Waals surface area contributed by atoms with Crippen LogP contribution < -0.4 is 0 Å². The van der Waals surface area contributed by atoms with Crippen LogP contribution in [-0.2, 0) is 4.74 Å². The maximum atomic E-state index is 5.66. The van der Waals surface area contributed by atoms with Crippen molar-refractivity contribution in [1.82, 2.24) is 0 Å². The fourth-order valence-electron chi connectivity index (χ4n) is 3.55. The van der Waals surface area contributed by atoms with E-state index in [0.29, 0.717) is 0 Å². The second kappa shape index (κ2) is 25.0. The molecule has 0 saturated heterocycles. The Morgan fingerprint density at radius 3 is 1.19 bits per heavy atom. The van der Waals surface area contributed by atoms with Crippen molar-refractivity contribution in [3.8, 4) is 0 Å². The van der Waals surface area contributed by atoms with Crippen LogP contribution in [0.4, 0.5) is 0 Å². The average Bonchev–Trinajstić information content (AvgIpc) is 2.66. The molecule has 157 valence electrons. The molecule has 0 saturated carbocycles. The molecule has 1 radical (unpaired) electrons. The third-order valence-electron chi connectivity index (χ3n) is 5.41. The van der Waals surface area contributed by atoms with Gasteiger partial charge in [0.15, 0.2) is 0 Å². The molecule has 0 unspecified atom stereocenters. The molecule has 0 aromatic heterocycles. The largest absolute Gasteiger partial charge is 0.376 e. The summed E-state index contributed by atoms with van der Waals surface area (Å²) in [6, 6.07) is 0. The molecule has 1 heteroatoms. The van der Waals surface area contributed by atoms with Crippen LogP contribution in [0.25, 0.3) is 0 Å². The quantitative estimate of drug-likeness (QED) is 0.163. The zero-order chi connectivity index (χ0) is 19.0. The Balaban J connectivity index is 2.95. The van der Waals surface area contributed by atoms with E-state index in [1.807, 2.05) is 0 Å². The van der Waals surface area contributed by atoms with E-state index in [1.54, 1.807) is 0 Å². The molecule has 0 aliphatic carbocycles. The molecule has 0 heterocycles. The van der Waals surface area contributed by atoms with Gasteiger partial charge in [0.2, 0.25) is 0 Å². The van der Waals surface area contributed by atoms with Crippen LogP contribution >= 0.6 is 0 Å². The molecule has 0 aromatic rings. The number of rotatable bonds is 23. The first kappa shape index (κ1) is 26.0. The Bertz CT molecular complexity index is 202. The van der Waals surface area contributed by atoms with E-state index in [2.05, 4.69) is 20.5 Å². The predicted molar refractivity (Wildman–Crippen MR) is 119 cm³/mol. The van der Waals surface area contributed by atoms with Gasteiger partial charge in [-0.1, -0.05) is 136 Å². The van der Waals surface area contributed by atoms with Crippen molar-refractivity contribution in [2.75, 3.05) is 6.61 Å². The molecular weight excluding hydrogens is 316 g/mol. The zero-order valence-corrected chi connectivity index (χ0v) is 18.5. The minimum atomic E-state index is 0.939. The Hall–Kier alpha value is -0.0400. The summed E-state index contributed by atoms with van der Waals surface area (Å²) in [5.74, 6) is 0. The lowest BCUT2D eigenvalue weighted by Gasteiger charge is -2.05. The summed E-state index contributed by atoms with van der Waals surface area (Å²) in [5.41, 5.74) is 0. The standard InChI is InChI=1S/C25H51O/c1-3-5-7-9-11-13-15-17-19-21-23-25-26-24-22-20-18-16-14-12-10-8-6-4-2/h25H,3-24H2,1-2H3. The summed E-state index contributed by atoms with van der Waals surface area (Å²) >= 11 is 0. The fourth-order valence-corrected chi connectivity index (χ4v) is 3.55. The fraction of sp³-hybridized carbons (Fsp3) is 0.960. The van der Waals surface area contributed by atoms with Crippen LogP contribution in [0.3, 0.4) is 0 Å². The first-order valence-electron chi connectivity index (χ1n) is 12.3. The highest BCUT2D eigenvalue weighted by atomic mass is 16.5. The van der Waals surface area contributed by atoms with E-state index in [1.165, 1.54) is 128 Å². The van der Waals surface area contributed by atoms with Crippen molar-refractivity contribution in [3.63, 3.8) is 0 Å². The van der Waals surface area contributed by atoms with Gasteiger partial charge in [-0.3, -0.25) is 0 Å². The van der Waals surface area contributed by atoms with Gasteiger partial charge in [-0.15, -0.1) is 0 Å². The van der Waals surface area contributed by atoms with E-state index < -0.39 is 0 Å². The molecule has 0 aliphatic rings. The molecule has 0 atom stereocenters. The maximum absolute atomic E-state index is 5.66. The summed E-state index contributed by atoms with van der Waals surface area (Å²) in [4.78, 5) is 0. The Morgan fingerprint density at radius 1 is 0.423 bits per heavy atom. The summed E-state index contributed by atoms with van der Waals surface area (Å²) < 4.78 is 5.66. The average molecular weight is 368 g/mol. The van der Waals surface area contributed by atoms with Crippen LogP contribution in [0.2, 0.25) is 0 Å². The van der Waals surface area contributed by atoms with Gasteiger partial charge in [0.1, 0.15) is 0 Å². The molecule has 0 aromatic carbocycles. The molecule has 1 nitrogen and oxygen atoms in total. The highest BCUT2D eigenvalue weighted by molar-refractivity contribution is 4.54. The topological polar surface area (TPSA) is 9.23 Å². The van der Waals surface area contributed by atoms with Gasteiger partial charge in [-0.05, 0) is 12.8 Å². The lowest BCUT2D eigenvalue weighted by atomic mass is 10.1. The molecule has 0 N–H and O–H groups in total. The van der Waals surface area contributed by atoms with Crippen molar-refractivity contribution in [2.45, 2.75) is 149 Å². The van der Waals surface area contributed by atoms with E-state index in [-0.39, 0.29) is 0 Å². The summed E-state index contributed by atoms with van der Waals surface area (Å²) in [7, 11) is 0. The Labute approximate surface area is 167 Å². The minimum Gasteiger partial charge on any atom is -0.376 e. The molecule has 0 aliphatic heterocycles. The van der Waals surface area contributed by atoms with Gasteiger partial charge in [0.05, 0.1) is 6.61 Å². The van der Waals surface area contributed by atoms with Crippen molar-refractivity contribution < 1.29 is 4.74 Å². The van der Waals surface area contributed by atoms with Gasteiger partial charge >= 0.3 is 0 Å². The van der Waals surface area contributed by atoms with Crippen LogP contribution in [0.5, 0.6) is 0 Å². The third kappa shape index (κ3) is 24.0. The van der Waals surface area contributed by atoms with Gasteiger partial charge in [0, 0.05) is 6.61 Å². The Morgan fingerprint density at radius 2 is 0.769 bits per heavy atom. The van der Waals surface area contributed by atoms with E-state index in [0.717, 1.165) is 13.0 Å². The summed E-state index contributed by atoms with van der Waals surface area (Å²) in [5, 5.41) is 0. The molecule has 0 bridgehead atoms. The molecule has 26 heavy (non-hydrogen) atoms. The first-order valence-corrected chi connectivity index (χ1v) is 12.3. The van der Waals surface area contributed by atoms with Gasteiger partial charge in [0.25, 0.3) is 0 Å². The van der Waals surface area contributed by atoms with Crippen molar-refractivity contribution in [1.29, 1.82) is 0 Å². The van der Waals surface area contributed by atoms with Gasteiger partial charge in [-0.25, -0.2) is 0 Å². The van der Waals surface area contributed by atoms with E-state index in [4.69, 9.17) is 4.74 Å². The van der Waals surface area contributed by atoms with Crippen LogP contribution in [0.1, 0.15) is 149 Å². The number of unbranched alkanes of at least 4 members (excludes halogenated alkanes) is 19. The highest BCUT2D eigenvalue weighted by Gasteiger charge is 1.95. The van der Waals surface area contributed by atoms with Crippen molar-refractivity contribution in [3.05, 3.63) is 6.61 Å². The van der Waals surface area contributed by atoms with E-state index >= 15 is 0 Å². The molecule has 0 amide bonds. The van der Waals surface area contributed by atoms with Crippen LogP contribution in [0, 0.1) is 6.61 Å². The summed E-state index contributed by atoms with van der Waals surface area (Å²) in [6.45, 7) is 7.58. The maximum Gasteiger partial charge on any atom is 0.0836 e. The molecule has 0 rings (SSSR count). The predicted octanol–water partition coefficient (Wildman–Crippen LogP) is 9.40. The number of hydrogen-bond donors (Lipinski definition) is 0. The minimum absolute atomic E-state index is 0.939. The zero-order valence-electron chi connectivity index (χ0n) is 18.5. The van der Waals surface area contributed by atoms with E-state index in [9.17, 15) is 0 Å². The third-order valence-corrected chi connectivity index (χ3v) is 5.41. The first-order chi connectivity index (χ1) is 12.9. The second-order valence-corrected chi connectivity index (χ2v) is 8.19. The molecule has 0 fully saturated rings. The Kier molecular flexibility index (Phi) is 24.9. The number of hydrogen-bond acceptors (Lipinski definition) is 1. The normalized spacial score (nSPS) is 11.3. The SMILES string of the molecule is CCCCCCCCCCCC[CH]OCCCCCCCCCCCC. The second-order valence-electron chi connectivity index (χ2n) is 8.19. The molecular formula is C25H51O. The lowest BCUT2D eigenvalue weighted by molar-refractivity contribution is 0.183. The molecule has 0 spiro atoms. The van der Waals surface area contributed by atoms with Gasteiger partial charge in [-0.2, -0.15) is 0 Å². The smallest absolute Gasteiger partial charge is 0.0836 e. The monoisotopic (exact) mass is 367 g/mol. The lowest BCUT2D eigenvalue weighted by Crippen LogP contribution is -1.92.